The first kappa shape index (κ1) is 13.9. The van der Waals surface area contributed by atoms with E-state index in [0.29, 0.717) is 13.2 Å². The average Bonchev–Trinajstić information content (AvgIpc) is 2.61. The normalized spacial score (nSPS) is 15.4. The molecule has 0 saturated carbocycles. The van der Waals surface area contributed by atoms with Crippen molar-refractivity contribution in [3.05, 3.63) is 27.7 Å². The molecule has 2 nitrogen and oxygen atoms in total. The van der Waals surface area contributed by atoms with Gasteiger partial charge in [0.15, 0.2) is 11.5 Å². The van der Waals surface area contributed by atoms with Crippen LogP contribution in [0.4, 0.5) is 0 Å². The molecule has 1 aliphatic heterocycles. The molecule has 0 saturated heterocycles. The Balaban J connectivity index is 2.37. The number of benzene rings is 1. The molecule has 0 fully saturated rings. The summed E-state index contributed by atoms with van der Waals surface area (Å²) in [5.74, 6) is 1.65. The molecular formula is C14H16Br2O2. The van der Waals surface area contributed by atoms with E-state index in [1.807, 2.05) is 6.07 Å². The predicted octanol–water partition coefficient (Wildman–Crippen LogP) is 4.80. The van der Waals surface area contributed by atoms with E-state index in [9.17, 15) is 0 Å². The molecule has 0 N–H and O–H groups in total. The number of halogens is 2. The molecule has 0 atom stereocenters. The van der Waals surface area contributed by atoms with E-state index in [2.05, 4.69) is 50.9 Å². The first-order chi connectivity index (χ1) is 8.74. The van der Waals surface area contributed by atoms with Crippen LogP contribution in [-0.2, 0) is 0 Å². The minimum Gasteiger partial charge on any atom is -0.489 e. The minimum absolute atomic E-state index is 0.711. The van der Waals surface area contributed by atoms with E-state index in [1.165, 1.54) is 5.57 Å². The number of ether oxygens (including phenoxy) is 2. The molecule has 0 aromatic heterocycles. The Morgan fingerprint density at radius 3 is 2.83 bits per heavy atom. The Kier molecular flexibility index (Phi) is 5.13. The van der Waals surface area contributed by atoms with Crippen LogP contribution in [0.15, 0.2) is 22.2 Å². The largest absolute Gasteiger partial charge is 0.489 e. The number of allylic oxidation sites excluding steroid dienone is 1. The third-order valence-electron chi connectivity index (χ3n) is 2.82. The van der Waals surface area contributed by atoms with Crippen LogP contribution >= 0.6 is 31.9 Å². The fourth-order valence-corrected chi connectivity index (χ4v) is 2.94. The Hall–Kier alpha value is -0.480. The highest BCUT2D eigenvalue weighted by molar-refractivity contribution is 9.10. The van der Waals surface area contributed by atoms with E-state index in [-0.39, 0.29) is 0 Å². The van der Waals surface area contributed by atoms with E-state index in [4.69, 9.17) is 9.47 Å². The number of hydrogen-bond acceptors (Lipinski definition) is 2. The van der Waals surface area contributed by atoms with E-state index in [1.54, 1.807) is 0 Å². The van der Waals surface area contributed by atoms with Crippen LogP contribution in [0.1, 0.15) is 25.3 Å². The fraction of sp³-hybridized carbons (Fsp3) is 0.429. The van der Waals surface area contributed by atoms with Crippen LogP contribution in [0.5, 0.6) is 11.5 Å². The molecule has 18 heavy (non-hydrogen) atoms. The van der Waals surface area contributed by atoms with Crippen LogP contribution in [0.3, 0.4) is 0 Å². The summed E-state index contributed by atoms with van der Waals surface area (Å²) in [5, 5.41) is 0.898. The molecule has 1 aromatic carbocycles. The van der Waals surface area contributed by atoms with E-state index >= 15 is 0 Å². The zero-order valence-electron chi connectivity index (χ0n) is 10.3. The average molecular weight is 376 g/mol. The molecule has 0 spiro atoms. The Labute approximate surface area is 125 Å². The first-order valence-corrected chi connectivity index (χ1v) is 8.00. The predicted molar refractivity (Wildman–Crippen MR) is 81.8 cm³/mol. The molecule has 0 unspecified atom stereocenters. The number of alkyl halides is 1. The van der Waals surface area contributed by atoms with Gasteiger partial charge in [-0.25, -0.2) is 0 Å². The lowest BCUT2D eigenvalue weighted by atomic mass is 10.1. The molecule has 0 radical (unpaired) electrons. The van der Waals surface area contributed by atoms with Gasteiger partial charge in [0.05, 0.1) is 17.7 Å². The fourth-order valence-electron chi connectivity index (χ4n) is 1.80. The molecule has 1 heterocycles. The van der Waals surface area contributed by atoms with Crippen molar-refractivity contribution in [3.63, 3.8) is 0 Å². The summed E-state index contributed by atoms with van der Waals surface area (Å²) in [5.41, 5.74) is 2.50. The summed E-state index contributed by atoms with van der Waals surface area (Å²) in [4.78, 5) is 0. The van der Waals surface area contributed by atoms with Crippen LogP contribution in [0.25, 0.3) is 6.08 Å². The summed E-state index contributed by atoms with van der Waals surface area (Å²) in [6, 6.07) is 4.12. The Morgan fingerprint density at radius 2 is 2.11 bits per heavy atom. The third-order valence-corrected chi connectivity index (χ3v) is 4.13. The van der Waals surface area contributed by atoms with E-state index < -0.39 is 0 Å². The summed E-state index contributed by atoms with van der Waals surface area (Å²) >= 11 is 7.06. The molecule has 0 aliphatic carbocycles. The van der Waals surface area contributed by atoms with Gasteiger partial charge in [0.25, 0.3) is 0 Å². The molecule has 1 aliphatic rings. The molecule has 98 valence electrons. The van der Waals surface area contributed by atoms with Crippen molar-refractivity contribution in [2.24, 2.45) is 0 Å². The van der Waals surface area contributed by atoms with Crippen molar-refractivity contribution in [2.45, 2.75) is 19.8 Å². The van der Waals surface area contributed by atoms with Gasteiger partial charge in [-0.2, -0.15) is 0 Å². The maximum absolute atomic E-state index is 5.72. The topological polar surface area (TPSA) is 18.5 Å². The van der Waals surface area contributed by atoms with Gasteiger partial charge in [-0.3, -0.25) is 0 Å². The van der Waals surface area contributed by atoms with Gasteiger partial charge >= 0.3 is 0 Å². The van der Waals surface area contributed by atoms with Gasteiger partial charge in [0.2, 0.25) is 0 Å². The Bertz CT molecular complexity index is 449. The quantitative estimate of drug-likeness (QED) is 0.706. The van der Waals surface area contributed by atoms with Crippen LogP contribution in [-0.4, -0.2) is 18.5 Å². The minimum atomic E-state index is 0.711. The third kappa shape index (κ3) is 3.29. The molecule has 4 heteroatoms. The van der Waals surface area contributed by atoms with E-state index in [0.717, 1.165) is 39.7 Å². The lowest BCUT2D eigenvalue weighted by Gasteiger charge is -2.11. The van der Waals surface area contributed by atoms with Gasteiger partial charge in [0, 0.05) is 11.8 Å². The highest BCUT2D eigenvalue weighted by Gasteiger charge is 2.14. The maximum Gasteiger partial charge on any atom is 0.175 e. The van der Waals surface area contributed by atoms with Crippen LogP contribution in [0.2, 0.25) is 0 Å². The summed E-state index contributed by atoms with van der Waals surface area (Å²) < 4.78 is 12.4. The molecule has 0 amide bonds. The second-order valence-corrected chi connectivity index (χ2v) is 5.59. The SMILES string of the molecule is CCC(=Cc1cc(Br)c2c(c1)OCCCO2)CBr. The van der Waals surface area contributed by atoms with Crippen molar-refractivity contribution >= 4 is 37.9 Å². The highest BCUT2D eigenvalue weighted by atomic mass is 79.9. The van der Waals surface area contributed by atoms with Gasteiger partial charge in [-0.05, 0) is 40.0 Å². The second kappa shape index (κ2) is 6.62. The number of hydrogen-bond donors (Lipinski definition) is 0. The van der Waals surface area contributed by atoms with Crippen LogP contribution in [0, 0.1) is 0 Å². The van der Waals surface area contributed by atoms with Gasteiger partial charge in [-0.15, -0.1) is 0 Å². The summed E-state index contributed by atoms with van der Waals surface area (Å²) in [6.07, 6.45) is 4.15. The monoisotopic (exact) mass is 374 g/mol. The van der Waals surface area contributed by atoms with Crippen molar-refractivity contribution in [1.29, 1.82) is 0 Å². The molecule has 2 rings (SSSR count). The van der Waals surface area contributed by atoms with Gasteiger partial charge < -0.3 is 9.47 Å². The standard InChI is InChI=1S/C14H16Br2O2/c1-2-10(9-15)6-11-7-12(16)14-13(8-11)17-4-3-5-18-14/h6-8H,2-5,9H2,1H3. The number of rotatable bonds is 3. The lowest BCUT2D eigenvalue weighted by Crippen LogP contribution is -1.97. The van der Waals surface area contributed by atoms with Gasteiger partial charge in [-0.1, -0.05) is 34.5 Å². The maximum atomic E-state index is 5.72. The van der Waals surface area contributed by atoms with Gasteiger partial charge in [0.1, 0.15) is 0 Å². The zero-order chi connectivity index (χ0) is 13.0. The lowest BCUT2D eigenvalue weighted by molar-refractivity contribution is 0.296. The Morgan fingerprint density at radius 1 is 1.33 bits per heavy atom. The van der Waals surface area contributed by atoms with Crippen molar-refractivity contribution < 1.29 is 9.47 Å². The van der Waals surface area contributed by atoms with Crippen molar-refractivity contribution in [2.75, 3.05) is 18.5 Å². The van der Waals surface area contributed by atoms with Crippen molar-refractivity contribution in [3.8, 4) is 11.5 Å². The number of fused-ring (bicyclic) bond motifs is 1. The first-order valence-electron chi connectivity index (χ1n) is 6.09. The second-order valence-electron chi connectivity index (χ2n) is 4.17. The molecule has 1 aromatic rings. The molecule has 0 bridgehead atoms. The van der Waals surface area contributed by atoms with Crippen LogP contribution < -0.4 is 9.47 Å². The summed E-state index contributed by atoms with van der Waals surface area (Å²) in [7, 11) is 0. The zero-order valence-corrected chi connectivity index (χ0v) is 13.5. The smallest absolute Gasteiger partial charge is 0.175 e. The summed E-state index contributed by atoms with van der Waals surface area (Å²) in [6.45, 7) is 3.58. The van der Waals surface area contributed by atoms with Crippen molar-refractivity contribution in [1.82, 2.24) is 0 Å². The molecular weight excluding hydrogens is 360 g/mol. The highest BCUT2D eigenvalue weighted by Crippen LogP contribution is 2.38.